The van der Waals surface area contributed by atoms with Crippen molar-refractivity contribution in [2.75, 3.05) is 7.05 Å². The zero-order valence-corrected chi connectivity index (χ0v) is 5.21. The molecule has 0 amide bonds. The molecule has 1 unspecified atom stereocenters. The SMILES string of the molecule is CNC(C)(N)C(F)(F)F. The molecule has 56 valence electrons. The quantitative estimate of drug-likeness (QED) is 0.521. The summed E-state index contributed by atoms with van der Waals surface area (Å²) in [4.78, 5) is 0. The molecule has 9 heavy (non-hydrogen) atoms. The summed E-state index contributed by atoms with van der Waals surface area (Å²) < 4.78 is 34.9. The highest BCUT2D eigenvalue weighted by Crippen LogP contribution is 2.24. The van der Waals surface area contributed by atoms with E-state index in [2.05, 4.69) is 0 Å². The van der Waals surface area contributed by atoms with E-state index in [9.17, 15) is 13.2 Å². The van der Waals surface area contributed by atoms with Crippen LogP contribution in [-0.2, 0) is 0 Å². The molecule has 0 aliphatic rings. The predicted octanol–water partition coefficient (Wildman–Crippen LogP) is 0.443. The molecule has 2 nitrogen and oxygen atoms in total. The minimum Gasteiger partial charge on any atom is -0.306 e. The van der Waals surface area contributed by atoms with Crippen LogP contribution in [-0.4, -0.2) is 18.9 Å². The second kappa shape index (κ2) is 2.15. The van der Waals surface area contributed by atoms with Crippen molar-refractivity contribution < 1.29 is 13.2 Å². The largest absolute Gasteiger partial charge is 0.419 e. The fraction of sp³-hybridized carbons (Fsp3) is 1.00. The fourth-order valence-electron chi connectivity index (χ4n) is 0.142. The van der Waals surface area contributed by atoms with Gasteiger partial charge in [-0.3, -0.25) is 5.32 Å². The van der Waals surface area contributed by atoms with Gasteiger partial charge in [-0.2, -0.15) is 13.2 Å². The van der Waals surface area contributed by atoms with Gasteiger partial charge in [-0.05, 0) is 14.0 Å². The normalized spacial score (nSPS) is 19.3. The Balaban J connectivity index is 4.14. The lowest BCUT2D eigenvalue weighted by molar-refractivity contribution is -0.188. The van der Waals surface area contributed by atoms with E-state index in [1.165, 1.54) is 0 Å². The standard InChI is InChI=1S/C4H9F3N2/c1-3(8,9-2)4(5,6)7/h9H,8H2,1-2H3. The minimum atomic E-state index is -4.39. The van der Waals surface area contributed by atoms with Crippen LogP contribution < -0.4 is 11.1 Å². The van der Waals surface area contributed by atoms with Crippen LogP contribution in [0.25, 0.3) is 0 Å². The van der Waals surface area contributed by atoms with Gasteiger partial charge in [0.1, 0.15) is 0 Å². The summed E-state index contributed by atoms with van der Waals surface area (Å²) in [6.45, 7) is 0.868. The molecular weight excluding hydrogens is 133 g/mol. The van der Waals surface area contributed by atoms with E-state index in [-0.39, 0.29) is 0 Å². The Morgan fingerprint density at radius 2 is 1.67 bits per heavy atom. The van der Waals surface area contributed by atoms with Crippen molar-refractivity contribution in [2.45, 2.75) is 18.8 Å². The van der Waals surface area contributed by atoms with Gasteiger partial charge >= 0.3 is 6.18 Å². The number of halogens is 3. The van der Waals surface area contributed by atoms with Gasteiger partial charge in [0.25, 0.3) is 0 Å². The molecule has 0 saturated heterocycles. The number of nitrogens with two attached hydrogens (primary N) is 1. The first-order valence-corrected chi connectivity index (χ1v) is 2.36. The topological polar surface area (TPSA) is 38.0 Å². The molecule has 0 saturated carbocycles. The molecule has 0 spiro atoms. The van der Waals surface area contributed by atoms with Crippen molar-refractivity contribution in [2.24, 2.45) is 5.73 Å². The van der Waals surface area contributed by atoms with Crippen molar-refractivity contribution in [3.63, 3.8) is 0 Å². The second-order valence-corrected chi connectivity index (χ2v) is 1.95. The van der Waals surface area contributed by atoms with Crippen LogP contribution >= 0.6 is 0 Å². The third-order valence-electron chi connectivity index (χ3n) is 1.11. The number of nitrogens with one attached hydrogen (secondary N) is 1. The first-order valence-electron chi connectivity index (χ1n) is 2.36. The zero-order valence-electron chi connectivity index (χ0n) is 5.21. The minimum absolute atomic E-state index is 0.868. The maximum atomic E-state index is 11.6. The summed E-state index contributed by atoms with van der Waals surface area (Å²) in [5, 5.41) is 1.93. The maximum absolute atomic E-state index is 11.6. The van der Waals surface area contributed by atoms with Gasteiger partial charge < -0.3 is 5.73 Å². The van der Waals surface area contributed by atoms with Crippen LogP contribution in [0.2, 0.25) is 0 Å². The Morgan fingerprint density at radius 1 is 1.33 bits per heavy atom. The highest BCUT2D eigenvalue weighted by atomic mass is 19.4. The Labute approximate surface area is 51.2 Å². The molecule has 3 N–H and O–H groups in total. The van der Waals surface area contributed by atoms with Crippen LogP contribution in [0.1, 0.15) is 6.92 Å². The molecule has 0 heterocycles. The summed E-state index contributed by atoms with van der Waals surface area (Å²) in [6.07, 6.45) is -4.39. The molecule has 0 aliphatic carbocycles. The van der Waals surface area contributed by atoms with Crippen LogP contribution in [0.4, 0.5) is 13.2 Å². The maximum Gasteiger partial charge on any atom is 0.419 e. The summed E-state index contributed by atoms with van der Waals surface area (Å²) in [7, 11) is 1.16. The van der Waals surface area contributed by atoms with E-state index in [0.29, 0.717) is 0 Å². The van der Waals surface area contributed by atoms with Gasteiger partial charge in [0.15, 0.2) is 5.66 Å². The molecule has 0 aromatic carbocycles. The summed E-state index contributed by atoms with van der Waals surface area (Å²) in [5.41, 5.74) is 2.49. The van der Waals surface area contributed by atoms with Crippen molar-refractivity contribution in [1.29, 1.82) is 0 Å². The monoisotopic (exact) mass is 142 g/mol. The van der Waals surface area contributed by atoms with E-state index < -0.39 is 11.8 Å². The van der Waals surface area contributed by atoms with Crippen molar-refractivity contribution in [3.05, 3.63) is 0 Å². The number of alkyl halides is 3. The number of hydrogen-bond acceptors (Lipinski definition) is 2. The van der Waals surface area contributed by atoms with E-state index in [1.54, 1.807) is 0 Å². The molecule has 0 rings (SSSR count). The van der Waals surface area contributed by atoms with Gasteiger partial charge in [0.2, 0.25) is 0 Å². The van der Waals surface area contributed by atoms with Crippen LogP contribution in [0.5, 0.6) is 0 Å². The third kappa shape index (κ3) is 1.83. The lowest BCUT2D eigenvalue weighted by atomic mass is 10.2. The average Bonchev–Trinajstić information content (AvgIpc) is 1.64. The summed E-state index contributed by atoms with van der Waals surface area (Å²) in [5.74, 6) is 0. The van der Waals surface area contributed by atoms with Crippen LogP contribution in [0.3, 0.4) is 0 Å². The highest BCUT2D eigenvalue weighted by Gasteiger charge is 2.46. The van der Waals surface area contributed by atoms with Crippen LogP contribution in [0, 0.1) is 0 Å². The van der Waals surface area contributed by atoms with Gasteiger partial charge in [-0.1, -0.05) is 0 Å². The second-order valence-electron chi connectivity index (χ2n) is 1.95. The number of hydrogen-bond donors (Lipinski definition) is 2. The van der Waals surface area contributed by atoms with Gasteiger partial charge in [0, 0.05) is 0 Å². The van der Waals surface area contributed by atoms with E-state index in [4.69, 9.17) is 5.73 Å². The fourth-order valence-corrected chi connectivity index (χ4v) is 0.142. The predicted molar refractivity (Wildman–Crippen MR) is 27.7 cm³/mol. The van der Waals surface area contributed by atoms with E-state index in [0.717, 1.165) is 14.0 Å². The molecule has 5 heteroatoms. The lowest BCUT2D eigenvalue weighted by Gasteiger charge is -2.26. The first-order chi connectivity index (χ1) is 3.81. The van der Waals surface area contributed by atoms with Gasteiger partial charge in [0.05, 0.1) is 0 Å². The van der Waals surface area contributed by atoms with Gasteiger partial charge in [-0.15, -0.1) is 0 Å². The zero-order chi connectivity index (χ0) is 7.71. The molecule has 0 fully saturated rings. The Kier molecular flexibility index (Phi) is 2.08. The van der Waals surface area contributed by atoms with Crippen LogP contribution in [0.15, 0.2) is 0 Å². The van der Waals surface area contributed by atoms with Crippen molar-refractivity contribution >= 4 is 0 Å². The number of rotatable bonds is 1. The van der Waals surface area contributed by atoms with E-state index >= 15 is 0 Å². The third-order valence-corrected chi connectivity index (χ3v) is 1.11. The molecule has 0 aromatic heterocycles. The molecule has 0 bridgehead atoms. The van der Waals surface area contributed by atoms with Gasteiger partial charge in [-0.25, -0.2) is 0 Å². The molecular formula is C4H9F3N2. The summed E-state index contributed by atoms with van der Waals surface area (Å²) >= 11 is 0. The Hall–Kier alpha value is -0.290. The smallest absolute Gasteiger partial charge is 0.306 e. The molecule has 0 radical (unpaired) electrons. The first kappa shape index (κ1) is 8.71. The Bertz CT molecular complexity index is 96.5. The Morgan fingerprint density at radius 3 is 1.67 bits per heavy atom. The van der Waals surface area contributed by atoms with Crippen molar-refractivity contribution in [1.82, 2.24) is 5.32 Å². The molecule has 0 aromatic rings. The average molecular weight is 142 g/mol. The van der Waals surface area contributed by atoms with Crippen molar-refractivity contribution in [3.8, 4) is 0 Å². The molecule has 1 atom stereocenters. The summed E-state index contributed by atoms with van der Waals surface area (Å²) in [6, 6.07) is 0. The lowest BCUT2D eigenvalue weighted by Crippen LogP contribution is -2.60. The highest BCUT2D eigenvalue weighted by molar-refractivity contribution is 4.81. The molecule has 0 aliphatic heterocycles. The van der Waals surface area contributed by atoms with E-state index in [1.807, 2.05) is 5.32 Å².